The first-order chi connectivity index (χ1) is 14.9. The summed E-state index contributed by atoms with van der Waals surface area (Å²) in [5.74, 6) is 1.17. The number of hydrogen-bond donors (Lipinski definition) is 2. The number of anilines is 1. The van der Waals surface area contributed by atoms with Crippen LogP contribution in [0.5, 0.6) is 0 Å². The second-order valence-electron chi connectivity index (χ2n) is 8.60. The van der Waals surface area contributed by atoms with Crippen LogP contribution in [0.15, 0.2) is 42.7 Å². The predicted octanol–water partition coefficient (Wildman–Crippen LogP) is 2.15. The van der Waals surface area contributed by atoms with Gasteiger partial charge < -0.3 is 14.9 Å². The molecule has 4 heterocycles. The van der Waals surface area contributed by atoms with Gasteiger partial charge in [-0.25, -0.2) is 9.97 Å². The summed E-state index contributed by atoms with van der Waals surface area (Å²) < 4.78 is 0. The number of carbonyl (C=O) groups excluding carboxylic acids is 1. The van der Waals surface area contributed by atoms with Gasteiger partial charge in [-0.15, -0.1) is 0 Å². The number of likely N-dealkylation sites (tertiary alicyclic amines) is 1. The summed E-state index contributed by atoms with van der Waals surface area (Å²) in [5.41, 5.74) is 2.81. The van der Waals surface area contributed by atoms with Crippen LogP contribution < -0.4 is 4.90 Å². The molecule has 1 aromatic carbocycles. The zero-order chi connectivity index (χ0) is 21.6. The van der Waals surface area contributed by atoms with Gasteiger partial charge in [0.1, 0.15) is 11.4 Å². The number of aliphatic hydroxyl groups is 1. The number of benzene rings is 1. The number of aromatic amines is 1. The van der Waals surface area contributed by atoms with Crippen molar-refractivity contribution < 1.29 is 9.90 Å². The van der Waals surface area contributed by atoms with Gasteiger partial charge in [-0.05, 0) is 31.4 Å². The molecule has 2 saturated heterocycles. The van der Waals surface area contributed by atoms with E-state index in [0.717, 1.165) is 42.1 Å². The fraction of sp³-hybridized carbons (Fsp3) is 0.391. The molecule has 2 aromatic heterocycles. The molecule has 1 amide bonds. The molecule has 160 valence electrons. The molecule has 2 aliphatic rings. The zero-order valence-corrected chi connectivity index (χ0v) is 17.7. The lowest BCUT2D eigenvalue weighted by Crippen LogP contribution is -2.61. The molecule has 0 saturated carbocycles. The lowest BCUT2D eigenvalue weighted by atomic mass is 9.86. The molecule has 2 fully saturated rings. The Morgan fingerprint density at radius 2 is 1.97 bits per heavy atom. The second kappa shape index (κ2) is 7.46. The Balaban J connectivity index is 1.34. The van der Waals surface area contributed by atoms with Crippen LogP contribution in [0.4, 0.5) is 5.82 Å². The first-order valence-corrected chi connectivity index (χ1v) is 10.6. The summed E-state index contributed by atoms with van der Waals surface area (Å²) in [6, 6.07) is 9.47. The molecule has 2 N–H and O–H groups in total. The molecule has 2 aliphatic heterocycles. The number of β-amino-alcohol motifs (C(OH)–C–C–N with tert-alkyl or cyclic N) is 1. The van der Waals surface area contributed by atoms with Crippen LogP contribution in [-0.4, -0.2) is 62.3 Å². The largest absolute Gasteiger partial charge is 0.381 e. The Hall–Kier alpha value is -3.26. The van der Waals surface area contributed by atoms with Gasteiger partial charge in [-0.1, -0.05) is 30.3 Å². The van der Waals surface area contributed by atoms with E-state index in [1.165, 1.54) is 5.56 Å². The monoisotopic (exact) mass is 418 g/mol. The highest BCUT2D eigenvalue weighted by molar-refractivity contribution is 5.92. The van der Waals surface area contributed by atoms with Crippen molar-refractivity contribution in [3.8, 4) is 0 Å². The molecule has 5 rings (SSSR count). The number of hydrogen-bond acceptors (Lipinski definition) is 6. The third kappa shape index (κ3) is 3.46. The number of H-pyrrole nitrogens is 1. The van der Waals surface area contributed by atoms with Crippen LogP contribution in [0.3, 0.4) is 0 Å². The summed E-state index contributed by atoms with van der Waals surface area (Å²) in [4.78, 5) is 26.1. The Morgan fingerprint density at radius 3 is 2.68 bits per heavy atom. The number of nitrogens with one attached hydrogen (secondary N) is 1. The third-order valence-electron chi connectivity index (χ3n) is 6.54. The van der Waals surface area contributed by atoms with Crippen molar-refractivity contribution in [3.05, 3.63) is 70.9 Å². The Labute approximate surface area is 180 Å². The molecular weight excluding hydrogens is 392 g/mol. The number of aromatic nitrogens is 4. The van der Waals surface area contributed by atoms with Crippen LogP contribution in [0.1, 0.15) is 45.3 Å². The summed E-state index contributed by atoms with van der Waals surface area (Å²) >= 11 is 0. The first kappa shape index (κ1) is 19.7. The molecule has 0 radical (unpaired) electrons. The second-order valence-corrected chi connectivity index (χ2v) is 8.60. The van der Waals surface area contributed by atoms with Crippen LogP contribution in [0.2, 0.25) is 0 Å². The summed E-state index contributed by atoms with van der Waals surface area (Å²) in [7, 11) is 0. The summed E-state index contributed by atoms with van der Waals surface area (Å²) in [6.45, 7) is 6.11. The van der Waals surface area contributed by atoms with Crippen molar-refractivity contribution in [1.29, 1.82) is 0 Å². The van der Waals surface area contributed by atoms with Gasteiger partial charge in [0.25, 0.3) is 5.91 Å². The highest BCUT2D eigenvalue weighted by atomic mass is 16.3. The van der Waals surface area contributed by atoms with Crippen LogP contribution in [-0.2, 0) is 5.60 Å². The fourth-order valence-electron chi connectivity index (χ4n) is 4.53. The van der Waals surface area contributed by atoms with Gasteiger partial charge in [0.15, 0.2) is 0 Å². The molecule has 0 unspecified atom stereocenters. The standard InChI is InChI=1S/C23H26N6O2/c1-15-16(2)26-20(22(30)29-13-23(31,14-29)19-6-4-3-5-7-19)27-21(15)28-9-8-17(12-28)18-10-24-25-11-18/h3-7,10-11,17,31H,8-9,12-14H2,1-2H3,(H,24,25)/t17-/m1/s1. The van der Waals surface area contributed by atoms with Crippen LogP contribution in [0.25, 0.3) is 0 Å². The average molecular weight is 419 g/mol. The fourth-order valence-corrected chi connectivity index (χ4v) is 4.53. The van der Waals surface area contributed by atoms with E-state index in [2.05, 4.69) is 25.1 Å². The Morgan fingerprint density at radius 1 is 1.19 bits per heavy atom. The Kier molecular flexibility index (Phi) is 4.74. The number of aryl methyl sites for hydroxylation is 1. The number of carbonyl (C=O) groups is 1. The molecule has 8 heteroatoms. The topological polar surface area (TPSA) is 98.2 Å². The van der Waals surface area contributed by atoms with Crippen LogP contribution in [0, 0.1) is 13.8 Å². The molecular formula is C23H26N6O2. The van der Waals surface area contributed by atoms with Crippen molar-refractivity contribution in [2.75, 3.05) is 31.1 Å². The predicted molar refractivity (Wildman–Crippen MR) is 116 cm³/mol. The average Bonchev–Trinajstić information content (AvgIpc) is 3.45. The summed E-state index contributed by atoms with van der Waals surface area (Å²) in [6.07, 6.45) is 4.83. The van der Waals surface area contributed by atoms with Gasteiger partial charge >= 0.3 is 0 Å². The lowest BCUT2D eigenvalue weighted by Gasteiger charge is -2.46. The van der Waals surface area contributed by atoms with E-state index in [9.17, 15) is 9.90 Å². The van der Waals surface area contributed by atoms with Crippen molar-refractivity contribution in [2.45, 2.75) is 31.8 Å². The molecule has 0 aliphatic carbocycles. The maximum atomic E-state index is 13.1. The van der Waals surface area contributed by atoms with Crippen molar-refractivity contribution in [2.24, 2.45) is 0 Å². The molecule has 3 aromatic rings. The maximum Gasteiger partial charge on any atom is 0.291 e. The van der Waals surface area contributed by atoms with Crippen molar-refractivity contribution in [1.82, 2.24) is 25.1 Å². The smallest absolute Gasteiger partial charge is 0.291 e. The third-order valence-corrected chi connectivity index (χ3v) is 6.54. The minimum atomic E-state index is -1.01. The maximum absolute atomic E-state index is 13.1. The zero-order valence-electron chi connectivity index (χ0n) is 17.7. The lowest BCUT2D eigenvalue weighted by molar-refractivity contribution is -0.0867. The SMILES string of the molecule is Cc1nc(C(=O)N2CC(O)(c3ccccc3)C2)nc(N2CC[C@@H](c3cn[nH]c3)C2)c1C. The minimum absolute atomic E-state index is 0.194. The van der Waals surface area contributed by atoms with E-state index in [4.69, 9.17) is 0 Å². The minimum Gasteiger partial charge on any atom is -0.381 e. The van der Waals surface area contributed by atoms with Gasteiger partial charge in [0, 0.05) is 36.5 Å². The first-order valence-electron chi connectivity index (χ1n) is 10.6. The van der Waals surface area contributed by atoms with E-state index >= 15 is 0 Å². The quantitative estimate of drug-likeness (QED) is 0.674. The van der Waals surface area contributed by atoms with Gasteiger partial charge in [0.05, 0.1) is 19.3 Å². The van der Waals surface area contributed by atoms with Crippen LogP contribution >= 0.6 is 0 Å². The summed E-state index contributed by atoms with van der Waals surface area (Å²) in [5, 5.41) is 17.8. The van der Waals surface area contributed by atoms with E-state index in [0.29, 0.717) is 5.92 Å². The Bertz CT molecular complexity index is 1090. The highest BCUT2D eigenvalue weighted by Crippen LogP contribution is 2.34. The van der Waals surface area contributed by atoms with Gasteiger partial charge in [0.2, 0.25) is 5.82 Å². The van der Waals surface area contributed by atoms with Crippen molar-refractivity contribution in [3.63, 3.8) is 0 Å². The van der Waals surface area contributed by atoms with E-state index in [-0.39, 0.29) is 24.8 Å². The number of nitrogens with zero attached hydrogens (tertiary/aromatic N) is 5. The normalized spacial score (nSPS) is 20.0. The van der Waals surface area contributed by atoms with Gasteiger partial charge in [-0.2, -0.15) is 5.10 Å². The van der Waals surface area contributed by atoms with E-state index in [1.54, 1.807) is 4.90 Å². The van der Waals surface area contributed by atoms with Gasteiger partial charge in [-0.3, -0.25) is 9.89 Å². The molecule has 0 bridgehead atoms. The number of amides is 1. The molecule has 8 nitrogen and oxygen atoms in total. The van der Waals surface area contributed by atoms with Crippen molar-refractivity contribution >= 4 is 11.7 Å². The van der Waals surface area contributed by atoms with E-state index < -0.39 is 5.60 Å². The van der Waals surface area contributed by atoms with E-state index in [1.807, 2.05) is 56.6 Å². The molecule has 1 atom stereocenters. The molecule has 31 heavy (non-hydrogen) atoms. The number of rotatable bonds is 4. The highest BCUT2D eigenvalue weighted by Gasteiger charge is 2.46. The molecule has 0 spiro atoms.